The van der Waals surface area contributed by atoms with E-state index in [2.05, 4.69) is 6.92 Å². The normalized spacial score (nSPS) is 23.9. The monoisotopic (exact) mass is 238 g/mol. The standard InChI is InChI=1S/C14H16F2O/c1-9-2-3-10(6-9)14(17)8-11-7-12(15)4-5-13(11)16/h4-5,7,9-10H,2-3,6,8H2,1H3. The number of carbonyl (C=O) groups is 1. The number of hydrogen-bond donors (Lipinski definition) is 0. The Morgan fingerprint density at radius 1 is 1.35 bits per heavy atom. The van der Waals surface area contributed by atoms with E-state index in [1.165, 1.54) is 0 Å². The summed E-state index contributed by atoms with van der Waals surface area (Å²) in [6.45, 7) is 2.12. The van der Waals surface area contributed by atoms with E-state index in [1.807, 2.05) is 0 Å². The van der Waals surface area contributed by atoms with Crippen LogP contribution in [0.5, 0.6) is 0 Å². The molecule has 1 aliphatic carbocycles. The van der Waals surface area contributed by atoms with E-state index in [-0.39, 0.29) is 23.7 Å². The first-order valence-electron chi connectivity index (χ1n) is 6.03. The zero-order valence-electron chi connectivity index (χ0n) is 9.88. The molecule has 0 bridgehead atoms. The van der Waals surface area contributed by atoms with Crippen LogP contribution >= 0.6 is 0 Å². The predicted octanol–water partition coefficient (Wildman–Crippen LogP) is 3.51. The fourth-order valence-electron chi connectivity index (χ4n) is 2.51. The Hall–Kier alpha value is -1.25. The molecule has 17 heavy (non-hydrogen) atoms. The molecule has 0 spiro atoms. The van der Waals surface area contributed by atoms with Crippen molar-refractivity contribution in [3.63, 3.8) is 0 Å². The van der Waals surface area contributed by atoms with Crippen molar-refractivity contribution < 1.29 is 13.6 Å². The average Bonchev–Trinajstić information content (AvgIpc) is 2.70. The van der Waals surface area contributed by atoms with Crippen LogP contribution in [0.25, 0.3) is 0 Å². The molecule has 1 aromatic carbocycles. The number of benzene rings is 1. The minimum atomic E-state index is -0.495. The first-order valence-corrected chi connectivity index (χ1v) is 6.03. The Morgan fingerprint density at radius 3 is 2.76 bits per heavy atom. The molecule has 1 saturated carbocycles. The van der Waals surface area contributed by atoms with E-state index in [9.17, 15) is 13.6 Å². The van der Waals surface area contributed by atoms with Crippen LogP contribution in [0.4, 0.5) is 8.78 Å². The molecule has 0 aliphatic heterocycles. The minimum absolute atomic E-state index is 0.0149. The molecule has 0 heterocycles. The third kappa shape index (κ3) is 2.90. The molecule has 0 N–H and O–H groups in total. The van der Waals surface area contributed by atoms with Gasteiger partial charge >= 0.3 is 0 Å². The van der Waals surface area contributed by atoms with Crippen molar-refractivity contribution in [2.24, 2.45) is 11.8 Å². The maximum atomic E-state index is 13.4. The average molecular weight is 238 g/mol. The second-order valence-corrected chi connectivity index (χ2v) is 4.99. The predicted molar refractivity (Wildman–Crippen MR) is 61.6 cm³/mol. The maximum Gasteiger partial charge on any atom is 0.140 e. The van der Waals surface area contributed by atoms with Crippen molar-refractivity contribution in [2.75, 3.05) is 0 Å². The van der Waals surface area contributed by atoms with Gasteiger partial charge in [0.1, 0.15) is 17.4 Å². The summed E-state index contributed by atoms with van der Waals surface area (Å²) in [6.07, 6.45) is 2.84. The molecule has 2 atom stereocenters. The van der Waals surface area contributed by atoms with Crippen molar-refractivity contribution in [1.29, 1.82) is 0 Å². The second-order valence-electron chi connectivity index (χ2n) is 4.99. The Balaban J connectivity index is 2.05. The van der Waals surface area contributed by atoms with Crippen molar-refractivity contribution in [3.8, 4) is 0 Å². The van der Waals surface area contributed by atoms with Crippen LogP contribution in [-0.2, 0) is 11.2 Å². The lowest BCUT2D eigenvalue weighted by Gasteiger charge is -2.09. The van der Waals surface area contributed by atoms with E-state index in [0.29, 0.717) is 5.92 Å². The molecule has 0 saturated heterocycles. The molecule has 1 nitrogen and oxygen atoms in total. The lowest BCUT2D eigenvalue weighted by Crippen LogP contribution is -2.15. The van der Waals surface area contributed by atoms with E-state index in [4.69, 9.17) is 0 Å². The molecule has 2 unspecified atom stereocenters. The number of ketones is 1. The number of Topliss-reactive ketones (excluding diaryl/α,β-unsaturated/α-hetero) is 1. The summed E-state index contributed by atoms with van der Waals surface area (Å²) in [6, 6.07) is 3.27. The smallest absolute Gasteiger partial charge is 0.140 e. The minimum Gasteiger partial charge on any atom is -0.299 e. The van der Waals surface area contributed by atoms with Crippen LogP contribution < -0.4 is 0 Å². The van der Waals surface area contributed by atoms with Crippen molar-refractivity contribution in [3.05, 3.63) is 35.4 Å². The van der Waals surface area contributed by atoms with Crippen LogP contribution in [0.15, 0.2) is 18.2 Å². The van der Waals surface area contributed by atoms with Gasteiger partial charge in [-0.05, 0) is 48.9 Å². The van der Waals surface area contributed by atoms with Gasteiger partial charge in [0.15, 0.2) is 0 Å². The molecule has 2 rings (SSSR count). The topological polar surface area (TPSA) is 17.1 Å². The highest BCUT2D eigenvalue weighted by molar-refractivity contribution is 5.83. The summed E-state index contributed by atoms with van der Waals surface area (Å²) < 4.78 is 26.3. The highest BCUT2D eigenvalue weighted by Crippen LogP contribution is 2.31. The summed E-state index contributed by atoms with van der Waals surface area (Å²) in [4.78, 5) is 11.9. The van der Waals surface area contributed by atoms with Crippen LogP contribution in [0, 0.1) is 23.5 Å². The van der Waals surface area contributed by atoms with E-state index >= 15 is 0 Å². The first-order chi connectivity index (χ1) is 8.06. The van der Waals surface area contributed by atoms with Crippen LogP contribution in [-0.4, -0.2) is 5.78 Å². The Kier molecular flexibility index (Phi) is 3.55. The molecular weight excluding hydrogens is 222 g/mol. The molecule has 0 amide bonds. The van der Waals surface area contributed by atoms with Crippen LogP contribution in [0.2, 0.25) is 0 Å². The number of hydrogen-bond acceptors (Lipinski definition) is 1. The lowest BCUT2D eigenvalue weighted by molar-refractivity contribution is -0.122. The molecule has 3 heteroatoms. The molecule has 1 aromatic rings. The molecule has 1 fully saturated rings. The van der Waals surface area contributed by atoms with Crippen LogP contribution in [0.3, 0.4) is 0 Å². The van der Waals surface area contributed by atoms with Crippen molar-refractivity contribution in [1.82, 2.24) is 0 Å². The van der Waals surface area contributed by atoms with Gasteiger partial charge in [-0.2, -0.15) is 0 Å². The van der Waals surface area contributed by atoms with Gasteiger partial charge < -0.3 is 0 Å². The van der Waals surface area contributed by atoms with Crippen molar-refractivity contribution >= 4 is 5.78 Å². The SMILES string of the molecule is CC1CCC(C(=O)Cc2cc(F)ccc2F)C1. The zero-order valence-corrected chi connectivity index (χ0v) is 9.88. The molecule has 1 aliphatic rings. The molecule has 0 radical (unpaired) electrons. The van der Waals surface area contributed by atoms with Gasteiger partial charge in [-0.1, -0.05) is 6.92 Å². The van der Waals surface area contributed by atoms with E-state index in [0.717, 1.165) is 37.5 Å². The van der Waals surface area contributed by atoms with Crippen LogP contribution in [0.1, 0.15) is 31.7 Å². The van der Waals surface area contributed by atoms with Gasteiger partial charge in [0.05, 0.1) is 0 Å². The second kappa shape index (κ2) is 4.94. The number of rotatable bonds is 3. The molecular formula is C14H16F2O. The summed E-state index contributed by atoms with van der Waals surface area (Å²) in [5.74, 6) is -0.340. The van der Waals surface area contributed by atoms with Gasteiger partial charge in [0, 0.05) is 12.3 Å². The van der Waals surface area contributed by atoms with E-state index < -0.39 is 11.6 Å². The zero-order chi connectivity index (χ0) is 12.4. The summed E-state index contributed by atoms with van der Waals surface area (Å²) in [5, 5.41) is 0. The molecule has 92 valence electrons. The van der Waals surface area contributed by atoms with Gasteiger partial charge in [0.2, 0.25) is 0 Å². The van der Waals surface area contributed by atoms with Crippen molar-refractivity contribution in [2.45, 2.75) is 32.6 Å². The van der Waals surface area contributed by atoms with Gasteiger partial charge in [-0.15, -0.1) is 0 Å². The fraction of sp³-hybridized carbons (Fsp3) is 0.500. The lowest BCUT2D eigenvalue weighted by atomic mass is 9.95. The van der Waals surface area contributed by atoms with Gasteiger partial charge in [0.25, 0.3) is 0 Å². The highest BCUT2D eigenvalue weighted by Gasteiger charge is 2.27. The summed E-state index contributed by atoms with van der Waals surface area (Å²) in [7, 11) is 0. The Bertz CT molecular complexity index is 428. The number of halogens is 2. The Morgan fingerprint density at radius 2 is 2.12 bits per heavy atom. The van der Waals surface area contributed by atoms with Gasteiger partial charge in [-0.3, -0.25) is 4.79 Å². The third-order valence-electron chi connectivity index (χ3n) is 3.52. The maximum absolute atomic E-state index is 13.4. The highest BCUT2D eigenvalue weighted by atomic mass is 19.1. The summed E-state index contributed by atoms with van der Waals surface area (Å²) in [5.41, 5.74) is 0.176. The largest absolute Gasteiger partial charge is 0.299 e. The fourth-order valence-corrected chi connectivity index (χ4v) is 2.51. The first kappa shape index (κ1) is 12.2. The van der Waals surface area contributed by atoms with E-state index in [1.54, 1.807) is 0 Å². The molecule has 0 aromatic heterocycles. The summed E-state index contributed by atoms with van der Waals surface area (Å²) >= 11 is 0. The quantitative estimate of drug-likeness (QED) is 0.787. The number of carbonyl (C=O) groups excluding carboxylic acids is 1. The van der Waals surface area contributed by atoms with Gasteiger partial charge in [-0.25, -0.2) is 8.78 Å². The Labute approximate surface area is 99.8 Å². The third-order valence-corrected chi connectivity index (χ3v) is 3.52.